The number of hydrogen-bond donors (Lipinski definition) is 13. The third kappa shape index (κ3) is 19.3. The van der Waals surface area contributed by atoms with Crippen molar-refractivity contribution in [1.82, 2.24) is 62.1 Å². The van der Waals surface area contributed by atoms with E-state index in [1.165, 1.54) is 35.9 Å². The highest BCUT2D eigenvalue weighted by atomic mass is 16.3. The molecule has 0 spiro atoms. The number of imidazole rings is 2. The van der Waals surface area contributed by atoms with Crippen LogP contribution in [0.15, 0.2) is 79.6 Å². The molecule has 8 atom stereocenters. The van der Waals surface area contributed by atoms with Crippen molar-refractivity contribution in [3.63, 3.8) is 0 Å². The smallest absolute Gasteiger partial charge is 0.243 e. The Morgan fingerprint density at radius 1 is 0.595 bits per heavy atom. The molecule has 1 saturated heterocycles. The molecule has 1 aliphatic rings. The summed E-state index contributed by atoms with van der Waals surface area (Å²) in [4.78, 5) is 129. The van der Waals surface area contributed by atoms with Gasteiger partial charge in [-0.2, -0.15) is 0 Å². The topological polar surface area (TPSA) is 368 Å². The summed E-state index contributed by atoms with van der Waals surface area (Å²) in [6, 6.07) is 4.47. The van der Waals surface area contributed by atoms with E-state index in [-0.39, 0.29) is 62.7 Å². The lowest BCUT2D eigenvalue weighted by Gasteiger charge is -2.30. The van der Waals surface area contributed by atoms with E-state index in [0.717, 1.165) is 0 Å². The van der Waals surface area contributed by atoms with Crippen LogP contribution in [0.3, 0.4) is 0 Å². The van der Waals surface area contributed by atoms with E-state index in [4.69, 9.17) is 5.73 Å². The SMILES string of the molecule is CC(C)C[C@H](NC(=O)[C@H](Cc1cnc[nH]1)NC(=O)[C@@H](Cc1ccccc1)NC(=O)[C@@H]1CCCN1C(=O)[C@@H](N)Cc1cnc[nH]1)C(=O)N[C@@H](CC(C)C)C(=O)N[C@H](C(=O)N[C@@H](Cc1ccc(O)cc1)C(=O)NC(CO)CO)C(C)C. The van der Waals surface area contributed by atoms with Gasteiger partial charge in [-0.05, 0) is 66.7 Å². The van der Waals surface area contributed by atoms with Crippen LogP contribution >= 0.6 is 0 Å². The lowest BCUT2D eigenvalue weighted by molar-refractivity contribution is -0.140. The predicted octanol–water partition coefficient (Wildman–Crippen LogP) is -0.446. The average molecular weight is 1100 g/mol. The van der Waals surface area contributed by atoms with Crippen LogP contribution in [0.5, 0.6) is 5.75 Å². The second-order valence-electron chi connectivity index (χ2n) is 21.3. The van der Waals surface area contributed by atoms with Gasteiger partial charge in [0.05, 0.1) is 38.0 Å². The molecule has 14 N–H and O–H groups in total. The molecule has 24 heteroatoms. The largest absolute Gasteiger partial charge is 0.508 e. The average Bonchev–Trinajstić information content (AvgIpc) is 4.24. The van der Waals surface area contributed by atoms with Crippen LogP contribution in [0.2, 0.25) is 0 Å². The number of H-pyrrole nitrogens is 2. The number of aliphatic hydroxyl groups excluding tert-OH is 2. The Hall–Kier alpha value is -7.70. The number of nitrogens with two attached hydrogens (primary N) is 1. The van der Waals surface area contributed by atoms with Gasteiger partial charge in [0.1, 0.15) is 48.0 Å². The summed E-state index contributed by atoms with van der Waals surface area (Å²) in [6.07, 6.45) is 7.01. The van der Waals surface area contributed by atoms with E-state index in [0.29, 0.717) is 35.4 Å². The minimum absolute atomic E-state index is 0.0131. The van der Waals surface area contributed by atoms with Crippen LogP contribution in [0.4, 0.5) is 0 Å². The van der Waals surface area contributed by atoms with E-state index >= 15 is 0 Å². The lowest BCUT2D eigenvalue weighted by atomic mass is 9.97. The van der Waals surface area contributed by atoms with Gasteiger partial charge in [-0.25, -0.2) is 9.97 Å². The molecule has 0 bridgehead atoms. The van der Waals surface area contributed by atoms with Gasteiger partial charge < -0.3 is 73.1 Å². The van der Waals surface area contributed by atoms with Crippen LogP contribution in [0.1, 0.15) is 89.7 Å². The Balaban J connectivity index is 1.34. The van der Waals surface area contributed by atoms with Gasteiger partial charge in [-0.15, -0.1) is 0 Å². The molecule has 4 aromatic rings. The van der Waals surface area contributed by atoms with Crippen molar-refractivity contribution in [2.45, 2.75) is 147 Å². The number of phenols is 1. The van der Waals surface area contributed by atoms with Crippen molar-refractivity contribution in [2.24, 2.45) is 23.5 Å². The number of nitrogens with zero attached hydrogens (tertiary/aromatic N) is 3. The number of rotatable bonds is 30. The van der Waals surface area contributed by atoms with Gasteiger partial charge in [0.2, 0.25) is 47.3 Å². The Morgan fingerprint density at radius 3 is 1.58 bits per heavy atom. The van der Waals surface area contributed by atoms with Crippen molar-refractivity contribution in [2.75, 3.05) is 19.8 Å². The first-order valence-corrected chi connectivity index (χ1v) is 26.8. The Kier molecular flexibility index (Phi) is 24.0. The molecule has 24 nitrogen and oxygen atoms in total. The fraction of sp³-hybridized carbons (Fsp3) is 0.527. The summed E-state index contributed by atoms with van der Waals surface area (Å²) in [5.41, 5.74) is 8.69. The lowest BCUT2D eigenvalue weighted by Crippen LogP contribution is -2.61. The Morgan fingerprint density at radius 2 is 1.06 bits per heavy atom. The van der Waals surface area contributed by atoms with E-state index in [9.17, 15) is 53.7 Å². The highest BCUT2D eigenvalue weighted by Gasteiger charge is 2.39. The van der Waals surface area contributed by atoms with E-state index in [1.54, 1.807) is 62.5 Å². The standard InChI is InChI=1S/C55H79N13O11/c1-31(2)19-41(49(73)63-42(20-32(3)4)52(76)67-47(33(5)6)54(78)66-43(48(72)61-38(27-69)28-70)22-35-14-16-39(71)17-15-35)62-51(75)45(24-37-26-58-30-60-37)64-50(74)44(21-34-11-8-7-9-12-34)65-53(77)46-13-10-18-68(46)55(79)40(56)23-36-25-57-29-59-36/h7-9,11-12,14-17,25-26,29-33,38,40-47,69-71H,10,13,18-24,27-28,56H2,1-6H3,(H,57,59)(H,58,60)(H,61,72)(H,62,75)(H,63,73)(H,64,74)(H,65,77)(H,66,78)(H,67,76)/t40-,41-,42-,43-,44+,45-,46-,47-/m0/s1. The fourth-order valence-electron chi connectivity index (χ4n) is 9.19. The van der Waals surface area contributed by atoms with Crippen LogP contribution in [-0.2, 0) is 64.0 Å². The molecule has 1 fully saturated rings. The summed E-state index contributed by atoms with van der Waals surface area (Å²) in [6.45, 7) is 9.85. The predicted molar refractivity (Wildman–Crippen MR) is 291 cm³/mol. The molecular weight excluding hydrogens is 1020 g/mol. The maximum atomic E-state index is 14.6. The highest BCUT2D eigenvalue weighted by Crippen LogP contribution is 2.21. The quantitative estimate of drug-likeness (QED) is 0.0315. The van der Waals surface area contributed by atoms with Gasteiger partial charge in [-0.1, -0.05) is 84.0 Å². The third-order valence-corrected chi connectivity index (χ3v) is 13.4. The molecule has 2 aromatic heterocycles. The van der Waals surface area contributed by atoms with Crippen molar-refractivity contribution in [3.05, 3.63) is 102 Å². The normalized spacial score (nSPS) is 16.1. The third-order valence-electron chi connectivity index (χ3n) is 13.4. The van der Waals surface area contributed by atoms with E-state index < -0.39 is 121 Å². The van der Waals surface area contributed by atoms with Crippen LogP contribution in [0, 0.1) is 17.8 Å². The first kappa shape index (κ1) is 62.1. The zero-order valence-corrected chi connectivity index (χ0v) is 45.7. The number of nitrogens with one attached hydrogen (secondary N) is 9. The minimum atomic E-state index is -1.34. The summed E-state index contributed by atoms with van der Waals surface area (Å²) in [5.74, 6) is -6.28. The van der Waals surface area contributed by atoms with Crippen molar-refractivity contribution >= 4 is 47.3 Å². The van der Waals surface area contributed by atoms with Gasteiger partial charge in [0, 0.05) is 56.0 Å². The molecule has 5 rings (SSSR count). The van der Waals surface area contributed by atoms with Crippen molar-refractivity contribution in [3.8, 4) is 5.75 Å². The second-order valence-corrected chi connectivity index (χ2v) is 21.3. The molecule has 8 amide bonds. The molecule has 79 heavy (non-hydrogen) atoms. The first-order chi connectivity index (χ1) is 37.6. The molecule has 0 unspecified atom stereocenters. The minimum Gasteiger partial charge on any atom is -0.508 e. The molecule has 0 radical (unpaired) electrons. The number of aliphatic hydroxyl groups is 2. The maximum Gasteiger partial charge on any atom is 0.243 e. The number of carbonyl (C=O) groups excluding carboxylic acids is 8. The van der Waals surface area contributed by atoms with Crippen molar-refractivity contribution in [1.29, 1.82) is 0 Å². The molecule has 2 aromatic carbocycles. The second kappa shape index (κ2) is 30.4. The number of aromatic hydroxyl groups is 1. The van der Waals surface area contributed by atoms with Crippen LogP contribution in [0.25, 0.3) is 0 Å². The van der Waals surface area contributed by atoms with Crippen LogP contribution < -0.4 is 43.0 Å². The monoisotopic (exact) mass is 1100 g/mol. The number of amides is 8. The van der Waals surface area contributed by atoms with Gasteiger partial charge in [0.25, 0.3) is 0 Å². The summed E-state index contributed by atoms with van der Waals surface area (Å²) in [7, 11) is 0. The van der Waals surface area contributed by atoms with Crippen molar-refractivity contribution < 1.29 is 53.7 Å². The zero-order valence-electron chi connectivity index (χ0n) is 45.7. The van der Waals surface area contributed by atoms with Gasteiger partial charge in [-0.3, -0.25) is 38.4 Å². The summed E-state index contributed by atoms with van der Waals surface area (Å²) >= 11 is 0. The number of phenolic OH excluding ortho intramolecular Hbond substituents is 1. The maximum absolute atomic E-state index is 14.6. The molecular formula is C55H79N13O11. The molecule has 3 heterocycles. The number of carbonyl (C=O) groups is 8. The number of likely N-dealkylation sites (tertiary alicyclic amines) is 1. The molecule has 430 valence electrons. The molecule has 1 aliphatic heterocycles. The number of aromatic amines is 2. The number of benzene rings is 2. The summed E-state index contributed by atoms with van der Waals surface area (Å²) in [5, 5.41) is 48.4. The van der Waals surface area contributed by atoms with Gasteiger partial charge in [0.15, 0.2) is 0 Å². The van der Waals surface area contributed by atoms with E-state index in [2.05, 4.69) is 57.2 Å². The fourth-order valence-corrected chi connectivity index (χ4v) is 9.19. The van der Waals surface area contributed by atoms with E-state index in [1.807, 2.05) is 27.7 Å². The zero-order chi connectivity index (χ0) is 57.8. The van der Waals surface area contributed by atoms with Gasteiger partial charge >= 0.3 is 0 Å². The highest BCUT2D eigenvalue weighted by molar-refractivity contribution is 5.98. The summed E-state index contributed by atoms with van der Waals surface area (Å²) < 4.78 is 0. The van der Waals surface area contributed by atoms with Crippen LogP contribution in [-0.4, -0.2) is 162 Å². The Labute approximate surface area is 460 Å². The first-order valence-electron chi connectivity index (χ1n) is 26.8. The molecule has 0 aliphatic carbocycles. The Bertz CT molecular complexity index is 2600. The molecule has 0 saturated carbocycles. The number of hydrogen-bond acceptors (Lipinski definition) is 14. The number of aromatic nitrogens is 4.